The summed E-state index contributed by atoms with van der Waals surface area (Å²) in [5, 5.41) is 6.23. The second-order valence-electron chi connectivity index (χ2n) is 6.62. The normalized spacial score (nSPS) is 15.5. The van der Waals surface area contributed by atoms with Gasteiger partial charge in [-0.3, -0.25) is 0 Å². The fraction of sp³-hybridized carbons (Fsp3) is 0.350. The molecule has 0 aliphatic carbocycles. The Hall–Kier alpha value is -2.80. The molecular weight excluding hydrogens is 384 g/mol. The van der Waals surface area contributed by atoms with Crippen molar-refractivity contribution in [3.63, 3.8) is 0 Å². The van der Waals surface area contributed by atoms with Gasteiger partial charge >= 0.3 is 6.03 Å². The Bertz CT molecular complexity index is 889. The van der Waals surface area contributed by atoms with Crippen LogP contribution in [0.2, 0.25) is 5.02 Å². The SMILES string of the molecule is C[C@@H](NC(=O)NCc1cc(Cl)c2c(c1)OCCCO2)c1ccc2c(c1)OCO2. The predicted octanol–water partition coefficient (Wildman–Crippen LogP) is 3.79. The van der Waals surface area contributed by atoms with E-state index in [9.17, 15) is 4.79 Å². The van der Waals surface area contributed by atoms with Crippen LogP contribution in [0.5, 0.6) is 23.0 Å². The van der Waals surface area contributed by atoms with Gasteiger partial charge in [-0.25, -0.2) is 4.79 Å². The standard InChI is InChI=1S/C20H21ClN2O5/c1-12(14-3-4-16-17(9-14)28-11-27-16)23-20(24)22-10-13-7-15(21)19-18(8-13)25-5-2-6-26-19/h3-4,7-9,12H,2,5-6,10-11H2,1H3,(H2,22,23,24)/t12-/m1/s1. The minimum atomic E-state index is -0.284. The number of ether oxygens (including phenoxy) is 4. The molecule has 0 aromatic heterocycles. The molecule has 0 fully saturated rings. The van der Waals surface area contributed by atoms with Gasteiger partial charge in [0, 0.05) is 13.0 Å². The van der Waals surface area contributed by atoms with Gasteiger partial charge in [-0.15, -0.1) is 0 Å². The maximum absolute atomic E-state index is 12.3. The number of hydrogen-bond donors (Lipinski definition) is 2. The van der Waals surface area contributed by atoms with E-state index in [-0.39, 0.29) is 18.9 Å². The zero-order valence-electron chi connectivity index (χ0n) is 15.4. The van der Waals surface area contributed by atoms with Gasteiger partial charge in [-0.1, -0.05) is 17.7 Å². The lowest BCUT2D eigenvalue weighted by atomic mass is 10.1. The lowest BCUT2D eigenvalue weighted by Gasteiger charge is -2.16. The highest BCUT2D eigenvalue weighted by atomic mass is 35.5. The molecular formula is C20H21ClN2O5. The molecule has 148 valence electrons. The van der Waals surface area contributed by atoms with Gasteiger partial charge in [0.05, 0.1) is 24.3 Å². The third kappa shape index (κ3) is 4.04. The molecule has 0 radical (unpaired) electrons. The Labute approximate surface area is 167 Å². The van der Waals surface area contributed by atoms with E-state index in [1.165, 1.54) is 0 Å². The summed E-state index contributed by atoms with van der Waals surface area (Å²) < 4.78 is 22.0. The molecule has 4 rings (SSSR count). The van der Waals surface area contributed by atoms with Gasteiger partial charge in [0.1, 0.15) is 0 Å². The molecule has 2 heterocycles. The van der Waals surface area contributed by atoms with E-state index in [0.29, 0.717) is 47.8 Å². The molecule has 7 nitrogen and oxygen atoms in total. The van der Waals surface area contributed by atoms with Crippen molar-refractivity contribution in [2.75, 3.05) is 20.0 Å². The van der Waals surface area contributed by atoms with Gasteiger partial charge in [-0.05, 0) is 42.3 Å². The summed E-state index contributed by atoms with van der Waals surface area (Å²) in [5.74, 6) is 2.57. The Kier molecular flexibility index (Phi) is 5.34. The summed E-state index contributed by atoms with van der Waals surface area (Å²) in [5.41, 5.74) is 1.76. The van der Waals surface area contributed by atoms with Crippen LogP contribution < -0.4 is 29.6 Å². The largest absolute Gasteiger partial charge is 0.489 e. The number of carbonyl (C=O) groups is 1. The lowest BCUT2D eigenvalue weighted by molar-refractivity contribution is 0.174. The third-order valence-electron chi connectivity index (χ3n) is 4.56. The van der Waals surface area contributed by atoms with Crippen molar-refractivity contribution in [2.24, 2.45) is 0 Å². The molecule has 1 atom stereocenters. The average molecular weight is 405 g/mol. The number of amides is 2. The van der Waals surface area contributed by atoms with E-state index in [1.54, 1.807) is 6.07 Å². The lowest BCUT2D eigenvalue weighted by Crippen LogP contribution is -2.36. The highest BCUT2D eigenvalue weighted by molar-refractivity contribution is 6.32. The van der Waals surface area contributed by atoms with E-state index in [4.69, 9.17) is 30.5 Å². The van der Waals surface area contributed by atoms with Crippen LogP contribution in [0.25, 0.3) is 0 Å². The minimum Gasteiger partial charge on any atom is -0.489 e. The van der Waals surface area contributed by atoms with Crippen LogP contribution in [0, 0.1) is 0 Å². The van der Waals surface area contributed by atoms with Crippen LogP contribution in [-0.2, 0) is 6.54 Å². The fourth-order valence-electron chi connectivity index (χ4n) is 3.08. The summed E-state index contributed by atoms with van der Waals surface area (Å²) in [7, 11) is 0. The first kappa shape index (κ1) is 18.6. The van der Waals surface area contributed by atoms with E-state index < -0.39 is 0 Å². The van der Waals surface area contributed by atoms with Gasteiger partial charge in [-0.2, -0.15) is 0 Å². The molecule has 2 aliphatic heterocycles. The topological polar surface area (TPSA) is 78.1 Å². The van der Waals surface area contributed by atoms with Gasteiger partial charge in [0.25, 0.3) is 0 Å². The number of hydrogen-bond acceptors (Lipinski definition) is 5. The van der Waals surface area contributed by atoms with Crippen LogP contribution >= 0.6 is 11.6 Å². The molecule has 0 spiro atoms. The highest BCUT2D eigenvalue weighted by Gasteiger charge is 2.18. The third-order valence-corrected chi connectivity index (χ3v) is 4.84. The van der Waals surface area contributed by atoms with Crippen molar-refractivity contribution in [1.82, 2.24) is 10.6 Å². The first-order chi connectivity index (χ1) is 13.6. The number of benzene rings is 2. The van der Waals surface area contributed by atoms with E-state index in [1.807, 2.05) is 31.2 Å². The Morgan fingerprint density at radius 1 is 1.07 bits per heavy atom. The van der Waals surface area contributed by atoms with Crippen LogP contribution in [0.1, 0.15) is 30.5 Å². The number of rotatable bonds is 4. The first-order valence-corrected chi connectivity index (χ1v) is 9.50. The summed E-state index contributed by atoms with van der Waals surface area (Å²) in [6.07, 6.45) is 0.804. The Morgan fingerprint density at radius 3 is 2.79 bits per heavy atom. The van der Waals surface area contributed by atoms with Gasteiger partial charge in [0.2, 0.25) is 6.79 Å². The number of nitrogens with one attached hydrogen (secondary N) is 2. The highest BCUT2D eigenvalue weighted by Crippen LogP contribution is 2.38. The van der Waals surface area contributed by atoms with Crippen molar-refractivity contribution in [1.29, 1.82) is 0 Å². The van der Waals surface area contributed by atoms with Gasteiger partial charge in [0.15, 0.2) is 23.0 Å². The molecule has 2 aromatic carbocycles. The average Bonchev–Trinajstić information content (AvgIpc) is 3.02. The maximum Gasteiger partial charge on any atom is 0.315 e. The smallest absolute Gasteiger partial charge is 0.315 e. The van der Waals surface area contributed by atoms with Crippen molar-refractivity contribution >= 4 is 17.6 Å². The van der Waals surface area contributed by atoms with Gasteiger partial charge < -0.3 is 29.6 Å². The van der Waals surface area contributed by atoms with Crippen molar-refractivity contribution in [3.8, 4) is 23.0 Å². The summed E-state index contributed by atoms with van der Waals surface area (Å²) in [6.45, 7) is 3.59. The molecule has 2 aromatic rings. The second-order valence-corrected chi connectivity index (χ2v) is 7.02. The van der Waals surface area contributed by atoms with Crippen molar-refractivity contribution < 1.29 is 23.7 Å². The molecule has 0 unspecified atom stereocenters. The summed E-state index contributed by atoms with van der Waals surface area (Å²) in [4.78, 5) is 12.3. The van der Waals surface area contributed by atoms with E-state index in [2.05, 4.69) is 10.6 Å². The predicted molar refractivity (Wildman–Crippen MR) is 103 cm³/mol. The van der Waals surface area contributed by atoms with Crippen LogP contribution in [-0.4, -0.2) is 26.0 Å². The van der Waals surface area contributed by atoms with Crippen molar-refractivity contribution in [3.05, 3.63) is 46.5 Å². The number of carbonyl (C=O) groups excluding carboxylic acids is 1. The summed E-state index contributed by atoms with van der Waals surface area (Å²) >= 11 is 6.29. The number of urea groups is 1. The molecule has 2 amide bonds. The zero-order chi connectivity index (χ0) is 19.5. The first-order valence-electron chi connectivity index (χ1n) is 9.12. The Balaban J connectivity index is 1.35. The zero-order valence-corrected chi connectivity index (χ0v) is 16.2. The maximum atomic E-state index is 12.3. The molecule has 28 heavy (non-hydrogen) atoms. The molecule has 0 bridgehead atoms. The minimum absolute atomic E-state index is 0.193. The fourth-order valence-corrected chi connectivity index (χ4v) is 3.37. The quantitative estimate of drug-likeness (QED) is 0.810. The molecule has 0 saturated carbocycles. The molecule has 0 saturated heterocycles. The monoisotopic (exact) mass is 404 g/mol. The van der Waals surface area contributed by atoms with Crippen molar-refractivity contribution in [2.45, 2.75) is 25.9 Å². The van der Waals surface area contributed by atoms with Crippen LogP contribution in [0.4, 0.5) is 4.79 Å². The van der Waals surface area contributed by atoms with Crippen LogP contribution in [0.15, 0.2) is 30.3 Å². The van der Waals surface area contributed by atoms with Crippen LogP contribution in [0.3, 0.4) is 0 Å². The molecule has 2 N–H and O–H groups in total. The number of halogens is 1. The summed E-state index contributed by atoms with van der Waals surface area (Å²) in [6, 6.07) is 8.76. The van der Waals surface area contributed by atoms with E-state index >= 15 is 0 Å². The Morgan fingerprint density at radius 2 is 1.89 bits per heavy atom. The number of fused-ring (bicyclic) bond motifs is 2. The second kappa shape index (κ2) is 8.06. The molecule has 2 aliphatic rings. The van der Waals surface area contributed by atoms with E-state index in [0.717, 1.165) is 17.5 Å². The molecule has 8 heteroatoms.